The molecule has 3 aromatic rings. The van der Waals surface area contributed by atoms with Crippen LogP contribution >= 0.6 is 0 Å². The van der Waals surface area contributed by atoms with Crippen molar-refractivity contribution in [3.8, 4) is 0 Å². The molecule has 41 heavy (non-hydrogen) atoms. The van der Waals surface area contributed by atoms with Gasteiger partial charge in [0.15, 0.2) is 0 Å². The van der Waals surface area contributed by atoms with Crippen molar-refractivity contribution in [1.29, 1.82) is 0 Å². The fraction of sp³-hybridized carbons (Fsp3) is 0.333. The van der Waals surface area contributed by atoms with E-state index in [9.17, 15) is 19.8 Å². The largest absolute Gasteiger partial charge is 0.478 e. The topological polar surface area (TPSA) is 132 Å². The van der Waals surface area contributed by atoms with Gasteiger partial charge in [0.1, 0.15) is 0 Å². The van der Waals surface area contributed by atoms with Crippen LogP contribution in [0.2, 0.25) is 0 Å². The maximum Gasteiger partial charge on any atom is 0.338 e. The number of allylic oxidation sites excluding steroid dienone is 3. The quantitative estimate of drug-likeness (QED) is 0.244. The van der Waals surface area contributed by atoms with Crippen LogP contribution in [-0.2, 0) is 11.2 Å². The van der Waals surface area contributed by atoms with Gasteiger partial charge in [-0.2, -0.15) is 0 Å². The maximum atomic E-state index is 12.5. The zero-order valence-corrected chi connectivity index (χ0v) is 24.6. The average molecular weight is 553 g/mol. The number of aromatic carboxylic acids is 1. The molecule has 212 valence electrons. The van der Waals surface area contributed by atoms with E-state index in [0.717, 1.165) is 63.7 Å². The Morgan fingerprint density at radius 1 is 0.878 bits per heavy atom. The zero-order valence-electron chi connectivity index (χ0n) is 24.6. The summed E-state index contributed by atoms with van der Waals surface area (Å²) < 4.78 is 0. The van der Waals surface area contributed by atoms with Gasteiger partial charge in [-0.05, 0) is 92.1 Å². The number of carboxylic acids is 2. The van der Waals surface area contributed by atoms with Gasteiger partial charge in [-0.1, -0.05) is 26.8 Å². The molecule has 8 heteroatoms. The first-order valence-corrected chi connectivity index (χ1v) is 14.0. The van der Waals surface area contributed by atoms with Crippen molar-refractivity contribution < 1.29 is 19.8 Å². The Morgan fingerprint density at radius 3 is 2.20 bits per heavy atom. The highest BCUT2D eigenvalue weighted by molar-refractivity contribution is 6.02. The van der Waals surface area contributed by atoms with E-state index in [1.807, 2.05) is 26.0 Å². The summed E-state index contributed by atoms with van der Waals surface area (Å²) in [4.78, 5) is 41.0. The molecule has 0 fully saturated rings. The van der Waals surface area contributed by atoms with Crippen LogP contribution in [-0.4, -0.2) is 42.1 Å². The monoisotopic (exact) mass is 552 g/mol. The SMILES string of the molecule is CCC1=C(C)c2cc3[nH]c(cc4nc(c(C)c5[nH]c(cc1n2)c(C)c5C(=O)O)[C@@H](/C=C/C(=O)O)[C@@H]4C)c(C)c3CC. The molecular formula is C33H36N4O4. The second-order valence-electron chi connectivity index (χ2n) is 11.0. The van der Waals surface area contributed by atoms with Crippen molar-refractivity contribution >= 4 is 45.2 Å². The Balaban J connectivity index is 2.01. The smallest absolute Gasteiger partial charge is 0.338 e. The highest BCUT2D eigenvalue weighted by Gasteiger charge is 2.30. The molecule has 0 aliphatic carbocycles. The van der Waals surface area contributed by atoms with Crippen LogP contribution in [0.25, 0.3) is 33.2 Å². The van der Waals surface area contributed by atoms with Gasteiger partial charge in [0.05, 0.1) is 28.2 Å². The number of aryl methyl sites for hydroxylation is 4. The Morgan fingerprint density at radius 2 is 1.56 bits per heavy atom. The lowest BCUT2D eigenvalue weighted by Gasteiger charge is -2.12. The minimum atomic E-state index is -1.04. The fourth-order valence-corrected chi connectivity index (χ4v) is 6.27. The third-order valence-corrected chi connectivity index (χ3v) is 8.68. The van der Waals surface area contributed by atoms with E-state index >= 15 is 0 Å². The molecule has 3 aromatic heterocycles. The molecule has 0 saturated carbocycles. The number of hydrogen-bond donors (Lipinski definition) is 4. The molecule has 8 nitrogen and oxygen atoms in total. The van der Waals surface area contributed by atoms with Gasteiger partial charge in [-0.25, -0.2) is 14.6 Å². The van der Waals surface area contributed by atoms with Crippen LogP contribution in [0, 0.1) is 20.8 Å². The van der Waals surface area contributed by atoms with Gasteiger partial charge in [-0.15, -0.1) is 0 Å². The summed E-state index contributed by atoms with van der Waals surface area (Å²) in [6, 6.07) is 6.08. The average Bonchev–Trinajstić information content (AvgIpc) is 3.60. The van der Waals surface area contributed by atoms with Crippen molar-refractivity contribution in [3.05, 3.63) is 80.9 Å². The summed E-state index contributed by atoms with van der Waals surface area (Å²) in [6.45, 7) is 14.1. The number of aliphatic carboxylic acids is 1. The molecule has 0 radical (unpaired) electrons. The molecule has 5 heterocycles. The van der Waals surface area contributed by atoms with Crippen LogP contribution < -0.4 is 0 Å². The number of rotatable bonds is 5. The van der Waals surface area contributed by atoms with Crippen LogP contribution in [0.15, 0.2) is 30.4 Å². The standard InChI is InChI=1S/C33H36N4O4/c1-8-20-15(3)23-12-25-17(5)22(10-11-29(38)39)31(36-25)19(7)32-30(33(40)41)18(6)26(37-32)14-28-21(9-2)16(4)24(35-28)13-27(20)34-23/h10-14,17,22,34,37H,8-9H2,1-7H3,(H,38,39)(H,40,41)/b11-10+,23-12?,24-13?,25-12?,26-14?,27-13?,28-14?,31-19?,32-19?/t17-,22-/m0/s1. The van der Waals surface area contributed by atoms with Crippen molar-refractivity contribution in [3.63, 3.8) is 0 Å². The van der Waals surface area contributed by atoms with Crippen molar-refractivity contribution in [2.24, 2.45) is 0 Å². The molecule has 2 aliphatic rings. The van der Waals surface area contributed by atoms with Gasteiger partial charge in [0, 0.05) is 40.2 Å². The predicted molar refractivity (Wildman–Crippen MR) is 162 cm³/mol. The van der Waals surface area contributed by atoms with E-state index in [1.54, 1.807) is 13.0 Å². The molecule has 0 unspecified atom stereocenters. The summed E-state index contributed by atoms with van der Waals surface area (Å²) in [5.41, 5.74) is 12.3. The van der Waals surface area contributed by atoms with E-state index in [2.05, 4.69) is 43.7 Å². The summed E-state index contributed by atoms with van der Waals surface area (Å²) >= 11 is 0. The number of carbonyl (C=O) groups is 2. The molecule has 2 aliphatic heterocycles. The van der Waals surface area contributed by atoms with Crippen molar-refractivity contribution in [2.45, 2.75) is 73.1 Å². The van der Waals surface area contributed by atoms with Crippen LogP contribution in [0.1, 0.15) is 101 Å². The Bertz CT molecular complexity index is 1840. The minimum absolute atomic E-state index is 0.130. The summed E-state index contributed by atoms with van der Waals surface area (Å²) in [7, 11) is 0. The Kier molecular flexibility index (Phi) is 7.19. The number of aromatic nitrogens is 4. The van der Waals surface area contributed by atoms with Crippen LogP contribution in [0.4, 0.5) is 0 Å². The second kappa shape index (κ2) is 10.5. The number of fused-ring (bicyclic) bond motifs is 8. The molecule has 0 saturated heterocycles. The third-order valence-electron chi connectivity index (χ3n) is 8.68. The van der Waals surface area contributed by atoms with E-state index in [-0.39, 0.29) is 17.4 Å². The number of hydrogen-bond acceptors (Lipinski definition) is 4. The van der Waals surface area contributed by atoms with E-state index in [0.29, 0.717) is 27.9 Å². The second-order valence-corrected chi connectivity index (χ2v) is 11.0. The van der Waals surface area contributed by atoms with E-state index in [4.69, 9.17) is 9.97 Å². The minimum Gasteiger partial charge on any atom is -0.478 e. The van der Waals surface area contributed by atoms with Gasteiger partial charge in [0.2, 0.25) is 0 Å². The van der Waals surface area contributed by atoms with Crippen molar-refractivity contribution in [1.82, 2.24) is 19.9 Å². The van der Waals surface area contributed by atoms with E-state index < -0.39 is 11.9 Å². The highest BCUT2D eigenvalue weighted by atomic mass is 16.4. The first-order chi connectivity index (χ1) is 19.5. The molecule has 5 rings (SSSR count). The van der Waals surface area contributed by atoms with Gasteiger partial charge in [0.25, 0.3) is 0 Å². The number of nitrogens with one attached hydrogen (secondary N) is 2. The van der Waals surface area contributed by atoms with Crippen LogP contribution in [0.3, 0.4) is 0 Å². The maximum absolute atomic E-state index is 12.5. The van der Waals surface area contributed by atoms with Gasteiger partial charge in [-0.3, -0.25) is 4.98 Å². The molecule has 2 atom stereocenters. The number of H-pyrrole nitrogens is 2. The number of carboxylic acid groups (broad SMARTS) is 2. The van der Waals surface area contributed by atoms with Gasteiger partial charge < -0.3 is 20.2 Å². The third kappa shape index (κ3) is 4.67. The molecule has 0 aromatic carbocycles. The lowest BCUT2D eigenvalue weighted by atomic mass is 9.89. The summed E-state index contributed by atoms with van der Waals surface area (Å²) in [5.74, 6) is -2.55. The summed E-state index contributed by atoms with van der Waals surface area (Å²) in [6.07, 6.45) is 4.43. The Hall–Kier alpha value is -4.46. The summed E-state index contributed by atoms with van der Waals surface area (Å²) in [5, 5.41) is 19.7. The Labute approximate surface area is 238 Å². The molecule has 0 amide bonds. The molecule has 8 bridgehead atoms. The molecule has 4 N–H and O–H groups in total. The first-order valence-electron chi connectivity index (χ1n) is 14.0. The lowest BCUT2D eigenvalue weighted by Crippen LogP contribution is -2.03. The lowest BCUT2D eigenvalue weighted by molar-refractivity contribution is -0.131. The fourth-order valence-electron chi connectivity index (χ4n) is 6.27. The van der Waals surface area contributed by atoms with E-state index in [1.165, 1.54) is 5.56 Å². The highest BCUT2D eigenvalue weighted by Crippen LogP contribution is 2.41. The number of nitrogens with zero attached hydrogens (tertiary/aromatic N) is 2. The van der Waals surface area contributed by atoms with Crippen molar-refractivity contribution in [2.75, 3.05) is 0 Å². The number of aromatic amines is 2. The van der Waals surface area contributed by atoms with Crippen LogP contribution in [0.5, 0.6) is 0 Å². The normalized spacial score (nSPS) is 17.0. The first kappa shape index (κ1) is 28.1. The predicted octanol–water partition coefficient (Wildman–Crippen LogP) is 7.37. The van der Waals surface area contributed by atoms with Gasteiger partial charge >= 0.3 is 11.9 Å². The zero-order chi connectivity index (χ0) is 29.7. The molecular weight excluding hydrogens is 516 g/mol. The molecule has 0 spiro atoms.